The SMILES string of the molecule is CCOc1cc(C(F)(F)F)n(-c2ccc(C)nc2)n1.CS(=O)(=O)c1cccc(C=O)c1. The summed E-state index contributed by atoms with van der Waals surface area (Å²) >= 11 is 0. The van der Waals surface area contributed by atoms with Crippen LogP contribution in [0.25, 0.3) is 5.69 Å². The van der Waals surface area contributed by atoms with E-state index in [1.54, 1.807) is 32.0 Å². The van der Waals surface area contributed by atoms with Gasteiger partial charge in [0.25, 0.3) is 0 Å². The van der Waals surface area contributed by atoms with Crippen LogP contribution in [0.2, 0.25) is 0 Å². The third kappa shape index (κ3) is 6.64. The summed E-state index contributed by atoms with van der Waals surface area (Å²) in [6.07, 6.45) is -1.44. The van der Waals surface area contributed by atoms with Crippen molar-refractivity contribution in [1.29, 1.82) is 0 Å². The average Bonchev–Trinajstić information content (AvgIpc) is 3.13. The number of benzene rings is 1. The molecule has 0 aliphatic rings. The number of aryl methyl sites for hydroxylation is 1. The molecule has 0 spiro atoms. The van der Waals surface area contributed by atoms with Gasteiger partial charge in [-0.1, -0.05) is 12.1 Å². The number of aromatic nitrogens is 3. The van der Waals surface area contributed by atoms with E-state index in [1.165, 1.54) is 24.4 Å². The third-order valence-corrected chi connectivity index (χ3v) is 4.94. The summed E-state index contributed by atoms with van der Waals surface area (Å²) < 4.78 is 66.6. The molecule has 0 radical (unpaired) electrons. The second-order valence-electron chi connectivity index (χ2n) is 6.33. The van der Waals surface area contributed by atoms with E-state index < -0.39 is 21.7 Å². The summed E-state index contributed by atoms with van der Waals surface area (Å²) in [5.74, 6) is -0.0598. The molecular formula is C20H20F3N3O4S. The van der Waals surface area contributed by atoms with Gasteiger partial charge in [-0.05, 0) is 38.1 Å². The van der Waals surface area contributed by atoms with Gasteiger partial charge >= 0.3 is 6.18 Å². The second-order valence-corrected chi connectivity index (χ2v) is 8.35. The van der Waals surface area contributed by atoms with Crippen LogP contribution in [-0.2, 0) is 16.0 Å². The summed E-state index contributed by atoms with van der Waals surface area (Å²) in [5, 5.41) is 3.80. The zero-order chi connectivity index (χ0) is 23.2. The number of hydrogen-bond donors (Lipinski definition) is 0. The summed E-state index contributed by atoms with van der Waals surface area (Å²) in [6.45, 7) is 3.68. The Hall–Kier alpha value is -3.21. The van der Waals surface area contributed by atoms with Gasteiger partial charge in [-0.3, -0.25) is 9.78 Å². The topological polar surface area (TPSA) is 91.2 Å². The van der Waals surface area contributed by atoms with E-state index in [0.29, 0.717) is 11.8 Å². The average molecular weight is 455 g/mol. The maximum Gasteiger partial charge on any atom is 0.433 e. The van der Waals surface area contributed by atoms with Crippen LogP contribution in [0.4, 0.5) is 13.2 Å². The summed E-state index contributed by atoms with van der Waals surface area (Å²) in [6, 6.07) is 9.94. The van der Waals surface area contributed by atoms with Crippen molar-refractivity contribution in [2.45, 2.75) is 24.9 Å². The molecule has 0 bridgehead atoms. The normalized spacial score (nSPS) is 11.4. The number of carbonyl (C=O) groups excluding carboxylic acids is 1. The van der Waals surface area contributed by atoms with E-state index in [-0.39, 0.29) is 23.1 Å². The molecule has 11 heteroatoms. The van der Waals surface area contributed by atoms with Crippen LogP contribution in [-0.4, -0.2) is 42.3 Å². The quantitative estimate of drug-likeness (QED) is 0.542. The lowest BCUT2D eigenvalue weighted by Gasteiger charge is -2.09. The highest BCUT2D eigenvalue weighted by Gasteiger charge is 2.36. The highest BCUT2D eigenvalue weighted by atomic mass is 32.2. The summed E-state index contributed by atoms with van der Waals surface area (Å²) in [5.41, 5.74) is 0.443. The Morgan fingerprint density at radius 3 is 2.39 bits per heavy atom. The fourth-order valence-electron chi connectivity index (χ4n) is 2.38. The predicted molar refractivity (Wildman–Crippen MR) is 107 cm³/mol. The lowest BCUT2D eigenvalue weighted by molar-refractivity contribution is -0.142. The van der Waals surface area contributed by atoms with Gasteiger partial charge < -0.3 is 4.74 Å². The molecule has 7 nitrogen and oxygen atoms in total. The number of aldehydes is 1. The van der Waals surface area contributed by atoms with E-state index in [9.17, 15) is 26.4 Å². The van der Waals surface area contributed by atoms with E-state index in [0.717, 1.165) is 22.7 Å². The van der Waals surface area contributed by atoms with Crippen LogP contribution in [0.5, 0.6) is 5.88 Å². The number of nitrogens with zero attached hydrogens (tertiary/aromatic N) is 3. The van der Waals surface area contributed by atoms with Gasteiger partial charge in [0, 0.05) is 23.6 Å². The van der Waals surface area contributed by atoms with Crippen LogP contribution in [0.3, 0.4) is 0 Å². The fourth-order valence-corrected chi connectivity index (χ4v) is 3.06. The van der Waals surface area contributed by atoms with E-state index >= 15 is 0 Å². The Kier molecular flexibility index (Phi) is 7.55. The van der Waals surface area contributed by atoms with Crippen molar-refractivity contribution in [2.24, 2.45) is 0 Å². The Morgan fingerprint density at radius 1 is 1.16 bits per heavy atom. The van der Waals surface area contributed by atoms with Crippen molar-refractivity contribution in [3.8, 4) is 11.6 Å². The molecule has 31 heavy (non-hydrogen) atoms. The van der Waals surface area contributed by atoms with Gasteiger partial charge in [-0.25, -0.2) is 13.1 Å². The second kappa shape index (κ2) is 9.73. The number of ether oxygens (including phenoxy) is 1. The number of rotatable bonds is 5. The maximum atomic E-state index is 12.9. The minimum absolute atomic E-state index is 0.0598. The van der Waals surface area contributed by atoms with Crippen LogP contribution in [0.15, 0.2) is 53.6 Å². The largest absolute Gasteiger partial charge is 0.477 e. The first-order chi connectivity index (χ1) is 14.5. The molecule has 0 fully saturated rings. The molecule has 3 aromatic rings. The highest BCUT2D eigenvalue weighted by molar-refractivity contribution is 7.90. The van der Waals surface area contributed by atoms with Crippen molar-refractivity contribution >= 4 is 16.1 Å². The fraction of sp³-hybridized carbons (Fsp3) is 0.250. The van der Waals surface area contributed by atoms with Gasteiger partial charge in [0.05, 0.1) is 23.4 Å². The maximum absolute atomic E-state index is 12.9. The number of carbonyl (C=O) groups is 1. The van der Waals surface area contributed by atoms with Crippen molar-refractivity contribution in [1.82, 2.24) is 14.8 Å². The van der Waals surface area contributed by atoms with Gasteiger partial charge in [0.1, 0.15) is 6.29 Å². The van der Waals surface area contributed by atoms with Gasteiger partial charge in [-0.2, -0.15) is 13.2 Å². The molecular weight excluding hydrogens is 435 g/mol. The molecule has 0 amide bonds. The first-order valence-electron chi connectivity index (χ1n) is 8.94. The smallest absolute Gasteiger partial charge is 0.433 e. The monoisotopic (exact) mass is 455 g/mol. The van der Waals surface area contributed by atoms with E-state index in [2.05, 4.69) is 10.1 Å². The van der Waals surface area contributed by atoms with Gasteiger partial charge in [0.2, 0.25) is 5.88 Å². The summed E-state index contributed by atoms with van der Waals surface area (Å²) in [4.78, 5) is 14.4. The molecule has 1 aromatic carbocycles. The first kappa shape index (κ1) is 24.1. The molecule has 0 aliphatic carbocycles. The molecule has 0 saturated carbocycles. The lowest BCUT2D eigenvalue weighted by Crippen LogP contribution is -2.13. The molecule has 0 N–H and O–H groups in total. The molecule has 0 aliphatic heterocycles. The summed E-state index contributed by atoms with van der Waals surface area (Å²) in [7, 11) is -3.19. The van der Waals surface area contributed by atoms with Gasteiger partial charge in [0.15, 0.2) is 15.5 Å². The van der Waals surface area contributed by atoms with Crippen LogP contribution in [0.1, 0.15) is 28.7 Å². The van der Waals surface area contributed by atoms with Crippen molar-refractivity contribution in [2.75, 3.05) is 12.9 Å². The Morgan fingerprint density at radius 2 is 1.87 bits per heavy atom. The number of sulfone groups is 1. The molecule has 0 atom stereocenters. The zero-order valence-electron chi connectivity index (χ0n) is 16.9. The van der Waals surface area contributed by atoms with Crippen molar-refractivity contribution in [3.05, 3.63) is 65.6 Å². The van der Waals surface area contributed by atoms with Crippen LogP contribution in [0, 0.1) is 6.92 Å². The molecule has 0 saturated heterocycles. The minimum atomic E-state index is -4.51. The standard InChI is InChI=1S/C12H12F3N3O.C8H8O3S/c1-3-19-11-6-10(12(13,14)15)18(17-11)9-5-4-8(2)16-7-9;1-12(10,11)8-4-2-3-7(5-8)6-9/h4-7H,3H2,1-2H3;2-6H,1H3. The van der Waals surface area contributed by atoms with Crippen molar-refractivity contribution in [3.63, 3.8) is 0 Å². The number of halogens is 3. The predicted octanol–water partition coefficient (Wildman–Crippen LogP) is 3.90. The number of pyridine rings is 1. The Balaban J connectivity index is 0.000000245. The molecule has 3 rings (SSSR count). The number of alkyl halides is 3. The molecule has 166 valence electrons. The van der Waals surface area contributed by atoms with Crippen LogP contribution >= 0.6 is 0 Å². The van der Waals surface area contributed by atoms with Crippen LogP contribution < -0.4 is 4.74 Å². The molecule has 2 aromatic heterocycles. The third-order valence-electron chi connectivity index (χ3n) is 3.83. The Bertz CT molecular complexity index is 1140. The zero-order valence-corrected chi connectivity index (χ0v) is 17.7. The number of hydrogen-bond acceptors (Lipinski definition) is 6. The van der Waals surface area contributed by atoms with Crippen molar-refractivity contribution < 1.29 is 31.1 Å². The highest BCUT2D eigenvalue weighted by Crippen LogP contribution is 2.33. The van der Waals surface area contributed by atoms with Gasteiger partial charge in [-0.15, -0.1) is 5.10 Å². The lowest BCUT2D eigenvalue weighted by atomic mass is 10.2. The van der Waals surface area contributed by atoms with E-state index in [4.69, 9.17) is 4.74 Å². The Labute approximate surface area is 177 Å². The first-order valence-corrected chi connectivity index (χ1v) is 10.8. The minimum Gasteiger partial charge on any atom is -0.477 e. The molecule has 0 unspecified atom stereocenters. The molecule has 2 heterocycles. The van der Waals surface area contributed by atoms with E-state index in [1.807, 2.05) is 0 Å².